The van der Waals surface area contributed by atoms with Gasteiger partial charge in [-0.25, -0.2) is 9.18 Å². The molecular formula is C24H35FN2O6S. The second-order valence-electron chi connectivity index (χ2n) is 8.66. The number of amides is 2. The number of hydrogen-bond donors (Lipinski definition) is 1. The van der Waals surface area contributed by atoms with Crippen molar-refractivity contribution in [3.8, 4) is 5.75 Å². The third kappa shape index (κ3) is 8.96. The molecule has 2 atom stereocenters. The normalized spacial score (nSPS) is 13.1. The summed E-state index contributed by atoms with van der Waals surface area (Å²) in [5.74, 6) is -1.64. The first-order valence-corrected chi connectivity index (χ1v) is 12.0. The topological polar surface area (TPSA) is 102 Å². The van der Waals surface area contributed by atoms with Gasteiger partial charge in [0.25, 0.3) is 0 Å². The van der Waals surface area contributed by atoms with Gasteiger partial charge < -0.3 is 19.7 Å². The number of ether oxygens (including phenoxy) is 2. The van der Waals surface area contributed by atoms with Gasteiger partial charge in [0.2, 0.25) is 11.8 Å². The Balaban J connectivity index is 2.94. The molecule has 1 N–H and O–H groups in total. The number of likely N-dealkylation sites (N-methyl/N-ethyl adjacent to an activating group) is 1. The Labute approximate surface area is 204 Å². The maximum atomic E-state index is 13.3. The van der Waals surface area contributed by atoms with Crippen molar-refractivity contribution in [2.24, 2.45) is 5.92 Å². The van der Waals surface area contributed by atoms with Crippen LogP contribution in [-0.2, 0) is 23.9 Å². The molecule has 10 heteroatoms. The summed E-state index contributed by atoms with van der Waals surface area (Å²) in [7, 11) is 1.46. The molecule has 0 radical (unpaired) electrons. The van der Waals surface area contributed by atoms with Crippen LogP contribution in [0.2, 0.25) is 0 Å². The Morgan fingerprint density at radius 1 is 1.15 bits per heavy atom. The van der Waals surface area contributed by atoms with Gasteiger partial charge >= 0.3 is 5.97 Å². The minimum absolute atomic E-state index is 0.0736. The maximum Gasteiger partial charge on any atom is 0.328 e. The summed E-state index contributed by atoms with van der Waals surface area (Å²) in [6.45, 7) is 9.97. The van der Waals surface area contributed by atoms with Crippen molar-refractivity contribution in [2.45, 2.75) is 64.8 Å². The molecule has 0 fully saturated rings. The highest BCUT2D eigenvalue weighted by Crippen LogP contribution is 2.22. The van der Waals surface area contributed by atoms with Crippen LogP contribution in [0.5, 0.6) is 5.75 Å². The van der Waals surface area contributed by atoms with Crippen LogP contribution < -0.4 is 10.1 Å². The molecule has 0 aliphatic rings. The smallest absolute Gasteiger partial charge is 0.328 e. The number of thioether (sulfide) groups is 1. The summed E-state index contributed by atoms with van der Waals surface area (Å²) in [6.07, 6.45) is 0.122. The van der Waals surface area contributed by atoms with Gasteiger partial charge in [-0.05, 0) is 51.0 Å². The van der Waals surface area contributed by atoms with Crippen molar-refractivity contribution in [1.82, 2.24) is 10.2 Å². The van der Waals surface area contributed by atoms with Crippen molar-refractivity contribution in [3.05, 3.63) is 30.1 Å². The average molecular weight is 499 g/mol. The van der Waals surface area contributed by atoms with E-state index in [0.717, 1.165) is 11.8 Å². The highest BCUT2D eigenvalue weighted by molar-refractivity contribution is 8.14. The third-order valence-electron chi connectivity index (χ3n) is 4.95. The Kier molecular flexibility index (Phi) is 11.5. The van der Waals surface area contributed by atoms with Gasteiger partial charge in [-0.1, -0.05) is 25.6 Å². The van der Waals surface area contributed by atoms with Crippen LogP contribution in [0.1, 0.15) is 48.0 Å². The Bertz CT molecular complexity index is 860. The van der Waals surface area contributed by atoms with Crippen LogP contribution in [0, 0.1) is 11.7 Å². The number of esters is 1. The minimum Gasteiger partial charge on any atom is -0.493 e. The SMILES string of the molecule is CCOC(=O)[C@H](CCOc1ccc(F)cc1)N(C)C(=O)C(C)(C)NC(=O)[C@H](SC(C)=O)C(C)C. The molecule has 0 unspecified atom stereocenters. The van der Waals surface area contributed by atoms with Crippen LogP contribution >= 0.6 is 11.8 Å². The first-order valence-electron chi connectivity index (χ1n) is 11.1. The zero-order chi connectivity index (χ0) is 26.1. The van der Waals surface area contributed by atoms with E-state index in [1.165, 1.54) is 57.0 Å². The van der Waals surface area contributed by atoms with Crippen LogP contribution in [-0.4, -0.2) is 64.9 Å². The molecule has 34 heavy (non-hydrogen) atoms. The number of nitrogens with one attached hydrogen (secondary N) is 1. The second-order valence-corrected chi connectivity index (χ2v) is 9.98. The summed E-state index contributed by atoms with van der Waals surface area (Å²) in [4.78, 5) is 51.5. The molecule has 1 rings (SSSR count). The molecule has 0 bridgehead atoms. The van der Waals surface area contributed by atoms with Crippen molar-refractivity contribution in [1.29, 1.82) is 0 Å². The lowest BCUT2D eigenvalue weighted by Crippen LogP contribution is -2.60. The van der Waals surface area contributed by atoms with Crippen molar-refractivity contribution in [3.63, 3.8) is 0 Å². The number of hydrogen-bond acceptors (Lipinski definition) is 7. The summed E-state index contributed by atoms with van der Waals surface area (Å²) < 4.78 is 23.8. The Hall–Kier alpha value is -2.62. The van der Waals surface area contributed by atoms with Crippen LogP contribution in [0.25, 0.3) is 0 Å². The van der Waals surface area contributed by atoms with Crippen molar-refractivity contribution < 1.29 is 33.0 Å². The summed E-state index contributed by atoms with van der Waals surface area (Å²) in [6, 6.07) is 4.48. The quantitative estimate of drug-likeness (QED) is 0.442. The summed E-state index contributed by atoms with van der Waals surface area (Å²) in [5.41, 5.74) is -1.35. The predicted molar refractivity (Wildman–Crippen MR) is 129 cm³/mol. The van der Waals surface area contributed by atoms with Gasteiger partial charge in [0, 0.05) is 20.4 Å². The van der Waals surface area contributed by atoms with E-state index < -0.39 is 40.4 Å². The summed E-state index contributed by atoms with van der Waals surface area (Å²) in [5, 5.41) is 1.87. The van der Waals surface area contributed by atoms with E-state index in [1.54, 1.807) is 6.92 Å². The molecule has 2 amide bonds. The molecular weight excluding hydrogens is 463 g/mol. The van der Waals surface area contributed by atoms with E-state index >= 15 is 0 Å². The zero-order valence-corrected chi connectivity index (χ0v) is 21.7. The predicted octanol–water partition coefficient (Wildman–Crippen LogP) is 3.18. The van der Waals surface area contributed by atoms with Gasteiger partial charge in [-0.3, -0.25) is 14.4 Å². The van der Waals surface area contributed by atoms with E-state index in [2.05, 4.69) is 5.32 Å². The first kappa shape index (κ1) is 29.4. The van der Waals surface area contributed by atoms with Crippen LogP contribution in [0.3, 0.4) is 0 Å². The molecule has 0 heterocycles. The second kappa shape index (κ2) is 13.3. The molecule has 0 saturated heterocycles. The number of carbonyl (C=O) groups excluding carboxylic acids is 4. The lowest BCUT2D eigenvalue weighted by Gasteiger charge is -2.35. The van der Waals surface area contributed by atoms with E-state index in [-0.39, 0.29) is 30.7 Å². The minimum atomic E-state index is -1.35. The number of halogens is 1. The number of nitrogens with zero attached hydrogens (tertiary/aromatic N) is 1. The van der Waals surface area contributed by atoms with Gasteiger partial charge in [0.15, 0.2) is 5.12 Å². The molecule has 0 saturated carbocycles. The van der Waals surface area contributed by atoms with E-state index in [4.69, 9.17) is 9.47 Å². The lowest BCUT2D eigenvalue weighted by molar-refractivity contribution is -0.156. The Morgan fingerprint density at radius 2 is 1.74 bits per heavy atom. The van der Waals surface area contributed by atoms with Crippen LogP contribution in [0.15, 0.2) is 24.3 Å². The number of carbonyl (C=O) groups is 4. The molecule has 8 nitrogen and oxygen atoms in total. The summed E-state index contributed by atoms with van der Waals surface area (Å²) >= 11 is 0.914. The van der Waals surface area contributed by atoms with Gasteiger partial charge in [-0.2, -0.15) is 0 Å². The molecule has 0 spiro atoms. The monoisotopic (exact) mass is 498 g/mol. The molecule has 0 aliphatic carbocycles. The molecule has 0 aromatic heterocycles. The van der Waals surface area contributed by atoms with Gasteiger partial charge in [-0.15, -0.1) is 0 Å². The van der Waals surface area contributed by atoms with Crippen molar-refractivity contribution in [2.75, 3.05) is 20.3 Å². The number of rotatable bonds is 12. The zero-order valence-electron chi connectivity index (χ0n) is 20.8. The fourth-order valence-corrected chi connectivity index (χ4v) is 4.01. The molecule has 1 aromatic rings. The number of benzene rings is 1. The fourth-order valence-electron chi connectivity index (χ4n) is 3.21. The molecule has 0 aliphatic heterocycles. The Morgan fingerprint density at radius 3 is 2.24 bits per heavy atom. The fraction of sp³-hybridized carbons (Fsp3) is 0.583. The lowest BCUT2D eigenvalue weighted by atomic mass is 10.00. The largest absolute Gasteiger partial charge is 0.493 e. The van der Waals surface area contributed by atoms with Gasteiger partial charge in [0.1, 0.15) is 23.1 Å². The van der Waals surface area contributed by atoms with Gasteiger partial charge in [0.05, 0.1) is 18.5 Å². The molecule has 1 aromatic carbocycles. The van der Waals surface area contributed by atoms with Crippen molar-refractivity contribution >= 4 is 34.7 Å². The van der Waals surface area contributed by atoms with Crippen LogP contribution in [0.4, 0.5) is 4.39 Å². The first-order chi connectivity index (χ1) is 15.8. The average Bonchev–Trinajstić information content (AvgIpc) is 2.74. The van der Waals surface area contributed by atoms with E-state index in [0.29, 0.717) is 5.75 Å². The maximum absolute atomic E-state index is 13.3. The molecule has 190 valence electrons. The van der Waals surface area contributed by atoms with E-state index in [9.17, 15) is 23.6 Å². The van der Waals surface area contributed by atoms with E-state index in [1.807, 2.05) is 13.8 Å². The highest BCUT2D eigenvalue weighted by Gasteiger charge is 2.39. The highest BCUT2D eigenvalue weighted by atomic mass is 32.2. The standard InChI is InChI=1S/C24H35FN2O6S/c1-8-32-22(30)19(13-14-33-18-11-9-17(25)10-12-18)27(7)23(31)24(5,6)26-21(29)20(15(2)3)34-16(4)28/h9-12,15,19-20H,8,13-14H2,1-7H3,(H,26,29)/t19-,20+/m0/s1. The third-order valence-corrected chi connectivity index (χ3v) is 6.29.